The lowest BCUT2D eigenvalue weighted by Crippen LogP contribution is -2.56. The molecule has 1 saturated carbocycles. The van der Waals surface area contributed by atoms with Crippen molar-refractivity contribution < 1.29 is 14.7 Å². The van der Waals surface area contributed by atoms with E-state index in [9.17, 15) is 14.7 Å². The second-order valence-electron chi connectivity index (χ2n) is 5.59. The predicted octanol–water partition coefficient (Wildman–Crippen LogP) is 0.815. The molecule has 20 heavy (non-hydrogen) atoms. The molecule has 1 aliphatic rings. The number of aryl methyl sites for hydroxylation is 1. The summed E-state index contributed by atoms with van der Waals surface area (Å²) in [5, 5.41) is 16.0. The number of nitrogens with zero attached hydrogens (tertiary/aromatic N) is 3. The maximum atomic E-state index is 12.1. The summed E-state index contributed by atoms with van der Waals surface area (Å²) < 4.78 is 1.66. The molecule has 0 aliphatic heterocycles. The summed E-state index contributed by atoms with van der Waals surface area (Å²) in [7, 11) is 3.44. The lowest BCUT2D eigenvalue weighted by molar-refractivity contribution is -0.144. The van der Waals surface area contributed by atoms with Crippen LogP contribution in [0.1, 0.15) is 25.3 Å². The minimum atomic E-state index is -1.18. The zero-order chi connectivity index (χ0) is 14.9. The van der Waals surface area contributed by atoms with Crippen molar-refractivity contribution in [2.24, 2.45) is 13.0 Å². The summed E-state index contributed by atoms with van der Waals surface area (Å²) in [5.41, 5.74) is -0.283. The van der Waals surface area contributed by atoms with Crippen molar-refractivity contribution in [2.45, 2.75) is 31.8 Å². The Labute approximate surface area is 117 Å². The van der Waals surface area contributed by atoms with Crippen LogP contribution in [0.2, 0.25) is 0 Å². The molecule has 0 radical (unpaired) electrons. The molecule has 0 saturated heterocycles. The second kappa shape index (κ2) is 5.15. The Bertz CT molecular complexity index is 523. The Morgan fingerprint density at radius 2 is 2.25 bits per heavy atom. The first kappa shape index (κ1) is 14.4. The van der Waals surface area contributed by atoms with Gasteiger partial charge in [-0.05, 0) is 25.7 Å². The molecule has 1 heterocycles. The van der Waals surface area contributed by atoms with E-state index in [2.05, 4.69) is 10.4 Å². The minimum absolute atomic E-state index is 0.0238. The van der Waals surface area contributed by atoms with Gasteiger partial charge in [-0.25, -0.2) is 9.59 Å². The van der Waals surface area contributed by atoms with Gasteiger partial charge in [0.2, 0.25) is 0 Å². The summed E-state index contributed by atoms with van der Waals surface area (Å²) >= 11 is 0. The average Bonchev–Trinajstić information content (AvgIpc) is 3.14. The first-order valence-corrected chi connectivity index (χ1v) is 6.57. The van der Waals surface area contributed by atoms with Gasteiger partial charge in [-0.1, -0.05) is 0 Å². The first-order chi connectivity index (χ1) is 9.33. The number of aliphatic carboxylic acids is 1. The Balaban J connectivity index is 1.98. The summed E-state index contributed by atoms with van der Waals surface area (Å²) in [5.74, 6) is -0.959. The molecule has 0 aromatic carbocycles. The van der Waals surface area contributed by atoms with Crippen molar-refractivity contribution in [3.8, 4) is 0 Å². The van der Waals surface area contributed by atoms with E-state index in [1.54, 1.807) is 31.9 Å². The zero-order valence-electron chi connectivity index (χ0n) is 12.0. The third-order valence-electron chi connectivity index (χ3n) is 3.73. The van der Waals surface area contributed by atoms with Crippen LogP contribution in [0.15, 0.2) is 12.4 Å². The average molecular weight is 280 g/mol. The molecule has 2 rings (SSSR count). The van der Waals surface area contributed by atoms with Crippen LogP contribution < -0.4 is 5.32 Å². The number of rotatable bonds is 5. The van der Waals surface area contributed by atoms with Gasteiger partial charge in [0.05, 0.1) is 12.7 Å². The van der Waals surface area contributed by atoms with Crippen LogP contribution in [0.25, 0.3) is 0 Å². The van der Waals surface area contributed by atoms with Crippen molar-refractivity contribution in [3.05, 3.63) is 18.0 Å². The number of carbonyl (C=O) groups excluding carboxylic acids is 1. The smallest absolute Gasteiger partial charge is 0.329 e. The Hall–Kier alpha value is -2.05. The number of carboxylic acids is 1. The number of carbonyl (C=O) groups is 2. The van der Waals surface area contributed by atoms with E-state index >= 15 is 0 Å². The Kier molecular flexibility index (Phi) is 3.69. The fourth-order valence-electron chi connectivity index (χ4n) is 2.21. The van der Waals surface area contributed by atoms with Crippen molar-refractivity contribution >= 4 is 12.0 Å². The van der Waals surface area contributed by atoms with E-state index in [0.717, 1.165) is 18.4 Å². The van der Waals surface area contributed by atoms with Gasteiger partial charge in [-0.3, -0.25) is 4.68 Å². The molecular weight excluding hydrogens is 260 g/mol. The number of hydrogen-bond acceptors (Lipinski definition) is 3. The third-order valence-corrected chi connectivity index (χ3v) is 3.73. The topological polar surface area (TPSA) is 87.5 Å². The molecule has 110 valence electrons. The number of carboxylic acid groups (broad SMARTS) is 1. The first-order valence-electron chi connectivity index (χ1n) is 6.57. The molecule has 0 spiro atoms. The van der Waals surface area contributed by atoms with E-state index in [1.165, 1.54) is 4.90 Å². The molecule has 0 bridgehead atoms. The monoisotopic (exact) mass is 280 g/mol. The van der Waals surface area contributed by atoms with Crippen LogP contribution in [0.3, 0.4) is 0 Å². The molecule has 1 aromatic heterocycles. The van der Waals surface area contributed by atoms with E-state index in [4.69, 9.17) is 0 Å². The standard InChI is InChI=1S/C13H20N4O3/c1-13(11(18)19,10-4-5-10)15-12(20)16(2)7-9-6-14-17(3)8-9/h6,8,10H,4-5,7H2,1-3H3,(H,15,20)(H,18,19). The highest BCUT2D eigenvalue weighted by molar-refractivity contribution is 5.86. The van der Waals surface area contributed by atoms with Crippen LogP contribution in [-0.4, -0.2) is 44.4 Å². The number of amides is 2. The van der Waals surface area contributed by atoms with Gasteiger partial charge in [-0.15, -0.1) is 0 Å². The normalized spacial score (nSPS) is 17.4. The van der Waals surface area contributed by atoms with Gasteiger partial charge in [0, 0.05) is 25.9 Å². The number of hydrogen-bond donors (Lipinski definition) is 2. The molecule has 7 nitrogen and oxygen atoms in total. The Morgan fingerprint density at radius 1 is 1.60 bits per heavy atom. The van der Waals surface area contributed by atoms with E-state index in [-0.39, 0.29) is 11.9 Å². The van der Waals surface area contributed by atoms with Crippen molar-refractivity contribution in [1.29, 1.82) is 0 Å². The number of urea groups is 1. The zero-order valence-corrected chi connectivity index (χ0v) is 12.0. The van der Waals surface area contributed by atoms with Crippen molar-refractivity contribution in [1.82, 2.24) is 20.0 Å². The van der Waals surface area contributed by atoms with Gasteiger partial charge in [0.25, 0.3) is 0 Å². The molecule has 1 atom stereocenters. The largest absolute Gasteiger partial charge is 0.480 e. The van der Waals surface area contributed by atoms with E-state index in [1.807, 2.05) is 6.20 Å². The van der Waals surface area contributed by atoms with Crippen LogP contribution in [0.4, 0.5) is 4.79 Å². The van der Waals surface area contributed by atoms with E-state index in [0.29, 0.717) is 6.54 Å². The van der Waals surface area contributed by atoms with Crippen LogP contribution in [0, 0.1) is 5.92 Å². The number of aromatic nitrogens is 2. The summed E-state index contributed by atoms with van der Waals surface area (Å²) in [4.78, 5) is 25.0. The maximum absolute atomic E-state index is 12.1. The lowest BCUT2D eigenvalue weighted by atomic mass is 9.96. The summed E-state index contributed by atoms with van der Waals surface area (Å²) in [6.45, 7) is 1.96. The van der Waals surface area contributed by atoms with Crippen LogP contribution in [0.5, 0.6) is 0 Å². The van der Waals surface area contributed by atoms with Crippen molar-refractivity contribution in [3.63, 3.8) is 0 Å². The van der Waals surface area contributed by atoms with Gasteiger partial charge in [-0.2, -0.15) is 5.10 Å². The SMILES string of the molecule is CN(Cc1cnn(C)c1)C(=O)NC(C)(C(=O)O)C1CC1. The number of nitrogens with one attached hydrogen (secondary N) is 1. The highest BCUT2D eigenvalue weighted by atomic mass is 16.4. The molecule has 1 aliphatic carbocycles. The van der Waals surface area contributed by atoms with Crippen LogP contribution >= 0.6 is 0 Å². The minimum Gasteiger partial charge on any atom is -0.480 e. The quantitative estimate of drug-likeness (QED) is 0.835. The fraction of sp³-hybridized carbons (Fsp3) is 0.615. The van der Waals surface area contributed by atoms with Gasteiger partial charge in [0.15, 0.2) is 0 Å². The molecule has 1 aromatic rings. The molecule has 1 fully saturated rings. The van der Waals surface area contributed by atoms with Gasteiger partial charge >= 0.3 is 12.0 Å². The highest BCUT2D eigenvalue weighted by Crippen LogP contribution is 2.39. The molecule has 2 N–H and O–H groups in total. The third kappa shape index (κ3) is 2.92. The lowest BCUT2D eigenvalue weighted by Gasteiger charge is -2.29. The fourth-order valence-corrected chi connectivity index (χ4v) is 2.21. The van der Waals surface area contributed by atoms with Gasteiger partial charge in [0.1, 0.15) is 5.54 Å². The highest BCUT2D eigenvalue weighted by Gasteiger charge is 2.48. The van der Waals surface area contributed by atoms with Gasteiger partial charge < -0.3 is 15.3 Å². The maximum Gasteiger partial charge on any atom is 0.329 e. The Morgan fingerprint density at radius 3 is 2.70 bits per heavy atom. The molecule has 7 heteroatoms. The van der Waals surface area contributed by atoms with E-state index < -0.39 is 11.5 Å². The summed E-state index contributed by atoms with van der Waals surface area (Å²) in [6, 6.07) is -0.384. The van der Waals surface area contributed by atoms with Crippen LogP contribution in [-0.2, 0) is 18.4 Å². The predicted molar refractivity (Wildman–Crippen MR) is 72.0 cm³/mol. The molecular formula is C13H20N4O3. The molecule has 1 unspecified atom stereocenters. The van der Waals surface area contributed by atoms with Crippen molar-refractivity contribution in [2.75, 3.05) is 7.05 Å². The summed E-state index contributed by atoms with van der Waals surface area (Å²) in [6.07, 6.45) is 5.19. The second-order valence-corrected chi connectivity index (χ2v) is 5.59. The molecule has 2 amide bonds.